The molecule has 0 fully saturated rings. The van der Waals surface area contributed by atoms with Gasteiger partial charge in [-0.15, -0.1) is 0 Å². The molecule has 1 aliphatic rings. The van der Waals surface area contributed by atoms with Crippen LogP contribution in [0, 0.1) is 0 Å². The topological polar surface area (TPSA) is 25.4 Å². The van der Waals surface area contributed by atoms with E-state index in [1.165, 1.54) is 5.56 Å². The molecule has 3 nitrogen and oxygen atoms in total. The number of hydrogen-bond donors (Lipinski definition) is 0. The van der Waals surface area contributed by atoms with E-state index in [4.69, 9.17) is 4.74 Å². The second-order valence-corrected chi connectivity index (χ2v) is 5.63. The highest BCUT2D eigenvalue weighted by molar-refractivity contribution is 8.06. The fraction of sp³-hybridized carbons (Fsp3) is 0.118. The Hall–Kier alpha value is -2.20. The maximum Gasteiger partial charge on any atom is 0.118 e. The Balaban J connectivity index is 1.84. The summed E-state index contributed by atoms with van der Waals surface area (Å²) in [4.78, 5) is 6.38. The van der Waals surface area contributed by atoms with E-state index in [0.29, 0.717) is 0 Å². The molecule has 0 N–H and O–H groups in total. The number of aromatic nitrogens is 1. The smallest absolute Gasteiger partial charge is 0.118 e. The lowest BCUT2D eigenvalue weighted by molar-refractivity contribution is 0.414. The molecule has 2 heterocycles. The van der Waals surface area contributed by atoms with Gasteiger partial charge < -0.3 is 9.64 Å². The van der Waals surface area contributed by atoms with Crippen molar-refractivity contribution in [1.82, 2.24) is 9.88 Å². The first kappa shape index (κ1) is 13.8. The molecule has 106 valence electrons. The van der Waals surface area contributed by atoms with Gasteiger partial charge in [0.05, 0.1) is 24.4 Å². The largest absolute Gasteiger partial charge is 0.497 e. The predicted octanol–water partition coefficient (Wildman–Crippen LogP) is 4.11. The minimum Gasteiger partial charge on any atom is -0.497 e. The van der Waals surface area contributed by atoms with Crippen molar-refractivity contribution >= 4 is 17.5 Å². The summed E-state index contributed by atoms with van der Waals surface area (Å²) >= 11 is 1.66. The van der Waals surface area contributed by atoms with Crippen LogP contribution >= 0.6 is 11.8 Å². The lowest BCUT2D eigenvalue weighted by Gasteiger charge is -2.23. The number of rotatable bonds is 4. The summed E-state index contributed by atoms with van der Waals surface area (Å²) in [6, 6.07) is 12.1. The third kappa shape index (κ3) is 2.95. The van der Waals surface area contributed by atoms with E-state index in [0.717, 1.165) is 28.6 Å². The zero-order valence-corrected chi connectivity index (χ0v) is 12.6. The molecule has 1 aromatic carbocycles. The number of nitrogens with zero attached hydrogens (tertiary/aromatic N) is 2. The molecule has 1 aromatic heterocycles. The van der Waals surface area contributed by atoms with Crippen LogP contribution in [0.2, 0.25) is 0 Å². The molecule has 2 aromatic rings. The third-order valence-electron chi connectivity index (χ3n) is 3.35. The number of methoxy groups -OCH3 is 1. The van der Waals surface area contributed by atoms with E-state index in [9.17, 15) is 0 Å². The van der Waals surface area contributed by atoms with Gasteiger partial charge in [0.15, 0.2) is 0 Å². The van der Waals surface area contributed by atoms with Crippen LogP contribution in [0.3, 0.4) is 0 Å². The van der Waals surface area contributed by atoms with Crippen molar-refractivity contribution in [2.75, 3.05) is 7.11 Å². The van der Waals surface area contributed by atoms with E-state index in [1.54, 1.807) is 25.1 Å². The van der Waals surface area contributed by atoms with Gasteiger partial charge in [0.25, 0.3) is 0 Å². The lowest BCUT2D eigenvalue weighted by Crippen LogP contribution is -2.15. The lowest BCUT2D eigenvalue weighted by atomic mass is 10.1. The fourth-order valence-corrected chi connectivity index (χ4v) is 3.02. The minimum absolute atomic E-state index is 0.775. The first-order valence-electron chi connectivity index (χ1n) is 6.64. The Morgan fingerprint density at radius 1 is 1.24 bits per heavy atom. The molecule has 0 atom stereocenters. The molecular formula is C17H16N2OS. The van der Waals surface area contributed by atoms with E-state index in [1.807, 2.05) is 24.4 Å². The predicted molar refractivity (Wildman–Crippen MR) is 87.5 cm³/mol. The van der Waals surface area contributed by atoms with Crippen LogP contribution in [-0.4, -0.2) is 17.0 Å². The molecule has 0 saturated carbocycles. The SMILES string of the molecule is C=C1SC=C(c2ccc(OC)cc2)N1Cc1cccnc1. The van der Waals surface area contributed by atoms with Gasteiger partial charge in [0, 0.05) is 17.8 Å². The molecule has 3 rings (SSSR count). The molecule has 0 spiro atoms. The Kier molecular flexibility index (Phi) is 3.97. The number of benzene rings is 1. The van der Waals surface area contributed by atoms with Crippen LogP contribution in [0.1, 0.15) is 11.1 Å². The number of ether oxygens (including phenoxy) is 1. The highest BCUT2D eigenvalue weighted by Gasteiger charge is 2.21. The third-order valence-corrected chi connectivity index (χ3v) is 4.18. The van der Waals surface area contributed by atoms with Gasteiger partial charge in [-0.3, -0.25) is 4.98 Å². The summed E-state index contributed by atoms with van der Waals surface area (Å²) in [7, 11) is 1.68. The van der Waals surface area contributed by atoms with Crippen molar-refractivity contribution in [3.63, 3.8) is 0 Å². The summed E-state index contributed by atoms with van der Waals surface area (Å²) in [5, 5.41) is 3.17. The monoisotopic (exact) mass is 296 g/mol. The van der Waals surface area contributed by atoms with Gasteiger partial charge in [-0.1, -0.05) is 24.4 Å². The molecule has 21 heavy (non-hydrogen) atoms. The maximum atomic E-state index is 5.21. The zero-order chi connectivity index (χ0) is 14.7. The van der Waals surface area contributed by atoms with E-state index < -0.39 is 0 Å². The van der Waals surface area contributed by atoms with Crippen molar-refractivity contribution in [3.05, 3.63) is 76.9 Å². The van der Waals surface area contributed by atoms with Gasteiger partial charge in [-0.2, -0.15) is 0 Å². The van der Waals surface area contributed by atoms with Gasteiger partial charge in [0.1, 0.15) is 5.75 Å². The molecular weight excluding hydrogens is 280 g/mol. The van der Waals surface area contributed by atoms with Gasteiger partial charge >= 0.3 is 0 Å². The van der Waals surface area contributed by atoms with Crippen molar-refractivity contribution in [2.45, 2.75) is 6.54 Å². The second-order valence-electron chi connectivity index (χ2n) is 4.69. The average molecular weight is 296 g/mol. The highest BCUT2D eigenvalue weighted by atomic mass is 32.2. The average Bonchev–Trinajstić information content (AvgIpc) is 2.90. The fourth-order valence-electron chi connectivity index (χ4n) is 2.22. The van der Waals surface area contributed by atoms with Crippen molar-refractivity contribution in [1.29, 1.82) is 0 Å². The maximum absolute atomic E-state index is 5.21. The van der Waals surface area contributed by atoms with Gasteiger partial charge in [-0.25, -0.2) is 0 Å². The van der Waals surface area contributed by atoms with E-state index in [-0.39, 0.29) is 0 Å². The summed E-state index contributed by atoms with van der Waals surface area (Å²) in [5.74, 6) is 0.864. The molecule has 0 amide bonds. The zero-order valence-electron chi connectivity index (χ0n) is 11.8. The Morgan fingerprint density at radius 2 is 2.05 bits per heavy atom. The minimum atomic E-state index is 0.775. The van der Waals surface area contributed by atoms with Crippen molar-refractivity contribution in [3.8, 4) is 5.75 Å². The first-order chi connectivity index (χ1) is 10.3. The summed E-state index contributed by atoms with van der Waals surface area (Å²) < 4.78 is 5.21. The highest BCUT2D eigenvalue weighted by Crippen LogP contribution is 2.39. The van der Waals surface area contributed by atoms with Crippen molar-refractivity contribution < 1.29 is 4.74 Å². The Morgan fingerprint density at radius 3 is 2.71 bits per heavy atom. The quantitative estimate of drug-likeness (QED) is 0.848. The normalized spacial score (nSPS) is 14.2. The first-order valence-corrected chi connectivity index (χ1v) is 7.52. The van der Waals surface area contributed by atoms with E-state index >= 15 is 0 Å². The molecule has 1 aliphatic heterocycles. The summed E-state index contributed by atoms with van der Waals surface area (Å²) in [6.07, 6.45) is 3.68. The van der Waals surface area contributed by atoms with Crippen LogP contribution in [0.4, 0.5) is 0 Å². The summed E-state index contributed by atoms with van der Waals surface area (Å²) in [6.45, 7) is 4.91. The van der Waals surface area contributed by atoms with Crippen LogP contribution in [0.5, 0.6) is 5.75 Å². The Labute approximate surface area is 129 Å². The van der Waals surface area contributed by atoms with Crippen LogP contribution < -0.4 is 4.74 Å². The number of hydrogen-bond acceptors (Lipinski definition) is 4. The molecule has 0 unspecified atom stereocenters. The molecule has 4 heteroatoms. The Bertz CT molecular complexity index is 665. The van der Waals surface area contributed by atoms with Gasteiger partial charge in [0.2, 0.25) is 0 Å². The molecule has 0 radical (unpaired) electrons. The number of thioether (sulfide) groups is 1. The van der Waals surface area contributed by atoms with Crippen molar-refractivity contribution in [2.24, 2.45) is 0 Å². The van der Waals surface area contributed by atoms with Gasteiger partial charge in [-0.05, 0) is 41.5 Å². The molecule has 0 saturated heterocycles. The van der Waals surface area contributed by atoms with Crippen LogP contribution in [0.15, 0.2) is 65.8 Å². The number of pyridine rings is 1. The van der Waals surface area contributed by atoms with Crippen LogP contribution in [-0.2, 0) is 6.54 Å². The molecule has 0 bridgehead atoms. The summed E-state index contributed by atoms with van der Waals surface area (Å²) in [5.41, 5.74) is 3.49. The second kappa shape index (κ2) is 6.06. The van der Waals surface area contributed by atoms with E-state index in [2.05, 4.69) is 40.1 Å². The van der Waals surface area contributed by atoms with Crippen LogP contribution in [0.25, 0.3) is 5.70 Å². The molecule has 0 aliphatic carbocycles. The standard InChI is InChI=1S/C17H16N2OS/c1-13-19(11-14-4-3-9-18-10-14)17(12-21-13)15-5-7-16(20-2)8-6-15/h3-10,12H,1,11H2,2H3.